The molecular formula is C27H33N3O3S. The van der Waals surface area contributed by atoms with Crippen LogP contribution >= 0.6 is 11.8 Å². The first kappa shape index (κ1) is 24.3. The van der Waals surface area contributed by atoms with E-state index in [2.05, 4.69) is 10.6 Å². The molecule has 6 nitrogen and oxygen atoms in total. The van der Waals surface area contributed by atoms with E-state index < -0.39 is 16.8 Å². The van der Waals surface area contributed by atoms with Crippen LogP contribution in [-0.2, 0) is 16.1 Å². The van der Waals surface area contributed by atoms with Gasteiger partial charge in [-0.1, -0.05) is 68.3 Å². The Hall–Kier alpha value is -2.80. The second-order valence-electron chi connectivity index (χ2n) is 9.85. The van der Waals surface area contributed by atoms with E-state index in [1.54, 1.807) is 16.7 Å². The van der Waals surface area contributed by atoms with Crippen molar-refractivity contribution in [1.82, 2.24) is 15.5 Å². The average Bonchev–Trinajstić information content (AvgIpc) is 3.25. The lowest BCUT2D eigenvalue weighted by molar-refractivity contribution is -0.133. The van der Waals surface area contributed by atoms with E-state index in [9.17, 15) is 14.4 Å². The summed E-state index contributed by atoms with van der Waals surface area (Å²) in [5.41, 5.74) is 3.77. The molecular weight excluding hydrogens is 446 g/mol. The highest BCUT2D eigenvalue weighted by Crippen LogP contribution is 2.56. The average molecular weight is 480 g/mol. The van der Waals surface area contributed by atoms with Crippen LogP contribution in [0.5, 0.6) is 0 Å². The number of hydrogen-bond donors (Lipinski definition) is 2. The van der Waals surface area contributed by atoms with Crippen molar-refractivity contribution in [2.45, 2.75) is 69.8 Å². The molecule has 0 radical (unpaired) electrons. The summed E-state index contributed by atoms with van der Waals surface area (Å²) >= 11 is 1.62. The van der Waals surface area contributed by atoms with Crippen molar-refractivity contribution in [3.05, 3.63) is 70.8 Å². The summed E-state index contributed by atoms with van der Waals surface area (Å²) in [5.74, 6) is -0.666. The van der Waals surface area contributed by atoms with Crippen LogP contribution in [0.3, 0.4) is 0 Å². The highest BCUT2D eigenvalue weighted by molar-refractivity contribution is 8.01. The number of nitrogens with zero attached hydrogens (tertiary/aromatic N) is 1. The van der Waals surface area contributed by atoms with E-state index in [1.807, 2.05) is 83.1 Å². The lowest BCUT2D eigenvalue weighted by Gasteiger charge is -2.32. The molecule has 0 aliphatic carbocycles. The third-order valence-electron chi connectivity index (χ3n) is 6.93. The summed E-state index contributed by atoms with van der Waals surface area (Å²) in [5, 5.41) is 5.80. The molecule has 1 saturated heterocycles. The van der Waals surface area contributed by atoms with Gasteiger partial charge >= 0.3 is 0 Å². The van der Waals surface area contributed by atoms with Crippen LogP contribution in [0.15, 0.2) is 48.5 Å². The van der Waals surface area contributed by atoms with Gasteiger partial charge < -0.3 is 15.5 Å². The Balaban J connectivity index is 1.51. The molecule has 1 fully saturated rings. The minimum absolute atomic E-state index is 0.0543. The molecule has 0 bridgehead atoms. The van der Waals surface area contributed by atoms with Gasteiger partial charge in [0, 0.05) is 16.9 Å². The van der Waals surface area contributed by atoms with Crippen molar-refractivity contribution < 1.29 is 14.4 Å². The Morgan fingerprint density at radius 2 is 1.79 bits per heavy atom. The Bertz CT molecular complexity index is 1100. The van der Waals surface area contributed by atoms with E-state index >= 15 is 0 Å². The van der Waals surface area contributed by atoms with Crippen LogP contribution in [0.4, 0.5) is 0 Å². The van der Waals surface area contributed by atoms with Crippen LogP contribution < -0.4 is 10.6 Å². The molecule has 2 N–H and O–H groups in total. The molecule has 2 aliphatic heterocycles. The van der Waals surface area contributed by atoms with Crippen molar-refractivity contribution in [2.24, 2.45) is 5.92 Å². The van der Waals surface area contributed by atoms with Gasteiger partial charge in [-0.3, -0.25) is 14.4 Å². The molecule has 2 aromatic rings. The van der Waals surface area contributed by atoms with Crippen molar-refractivity contribution in [2.75, 3.05) is 0 Å². The molecule has 4 rings (SSSR count). The van der Waals surface area contributed by atoms with Crippen LogP contribution in [0.1, 0.15) is 66.5 Å². The number of carbonyl (C=O) groups excluding carboxylic acids is 3. The zero-order valence-electron chi connectivity index (χ0n) is 20.4. The largest absolute Gasteiger partial charge is 0.350 e. The predicted octanol–water partition coefficient (Wildman–Crippen LogP) is 4.19. The fraction of sp³-hybridized carbons (Fsp3) is 0.444. The smallest absolute Gasteiger partial charge is 0.256 e. The Morgan fingerprint density at radius 3 is 2.47 bits per heavy atom. The Labute approximate surface area is 205 Å². The third-order valence-corrected chi connectivity index (χ3v) is 8.46. The van der Waals surface area contributed by atoms with Gasteiger partial charge in [-0.05, 0) is 43.9 Å². The second-order valence-corrected chi connectivity index (χ2v) is 11.6. The number of carbonyl (C=O) groups is 3. The number of aryl methyl sites for hydroxylation is 1. The number of amides is 3. The normalized spacial score (nSPS) is 22.0. The Kier molecular flexibility index (Phi) is 6.76. The number of hydrogen-bond acceptors (Lipinski definition) is 4. The number of benzene rings is 2. The van der Waals surface area contributed by atoms with E-state index in [0.717, 1.165) is 23.1 Å². The quantitative estimate of drug-likeness (QED) is 0.624. The highest BCUT2D eigenvalue weighted by atomic mass is 32.2. The molecule has 0 unspecified atom stereocenters. The molecule has 0 spiro atoms. The molecule has 0 aromatic heterocycles. The van der Waals surface area contributed by atoms with Crippen LogP contribution in [-0.4, -0.2) is 39.5 Å². The third kappa shape index (κ3) is 4.45. The molecule has 3 amide bonds. The fourth-order valence-corrected chi connectivity index (χ4v) is 6.33. The van der Waals surface area contributed by atoms with Crippen molar-refractivity contribution in [1.29, 1.82) is 0 Å². The molecule has 2 aromatic carbocycles. The zero-order chi connectivity index (χ0) is 24.6. The van der Waals surface area contributed by atoms with Gasteiger partial charge in [-0.2, -0.15) is 0 Å². The summed E-state index contributed by atoms with van der Waals surface area (Å²) in [6.07, 6.45) is 0.739. The van der Waals surface area contributed by atoms with Crippen molar-refractivity contribution in [3.8, 4) is 0 Å². The SMILES string of the molecule is CC[C@H](C)[C@H](NC(=O)[C@H]1N2C(=O)c3ccccc3[C@@H]2SC1(C)C)C(=O)NCc1ccc(C)cc1. The second kappa shape index (κ2) is 9.45. The van der Waals surface area contributed by atoms with Gasteiger partial charge in [0.05, 0.1) is 0 Å². The topological polar surface area (TPSA) is 78.5 Å². The molecule has 7 heteroatoms. The molecule has 180 valence electrons. The van der Waals surface area contributed by atoms with Gasteiger partial charge in [0.25, 0.3) is 5.91 Å². The number of thioether (sulfide) groups is 1. The standard InChI is InChI=1S/C27H33N3O3S/c1-6-17(3)21(23(31)28-15-18-13-11-16(2)12-14-18)29-24(32)22-27(4,5)34-26-20-10-8-7-9-19(20)25(33)30(22)26/h7-14,17,21-22,26H,6,15H2,1-5H3,(H,28,31)(H,29,32)/t17-,21-,22+,26-/m0/s1. The predicted molar refractivity (Wildman–Crippen MR) is 135 cm³/mol. The lowest BCUT2D eigenvalue weighted by Crippen LogP contribution is -2.58. The monoisotopic (exact) mass is 479 g/mol. The molecule has 2 heterocycles. The minimum atomic E-state index is -0.678. The van der Waals surface area contributed by atoms with E-state index in [1.165, 1.54) is 0 Å². The first-order valence-electron chi connectivity index (χ1n) is 11.9. The number of nitrogens with one attached hydrogen (secondary N) is 2. The summed E-state index contributed by atoms with van der Waals surface area (Å²) in [6, 6.07) is 14.2. The first-order chi connectivity index (χ1) is 16.1. The van der Waals surface area contributed by atoms with Crippen LogP contribution in [0.2, 0.25) is 0 Å². The number of fused-ring (bicyclic) bond motifs is 3. The summed E-state index contributed by atoms with van der Waals surface area (Å²) in [4.78, 5) is 41.7. The van der Waals surface area contributed by atoms with E-state index in [0.29, 0.717) is 12.1 Å². The van der Waals surface area contributed by atoms with Crippen LogP contribution in [0, 0.1) is 12.8 Å². The number of rotatable bonds is 7. The van der Waals surface area contributed by atoms with Gasteiger partial charge in [-0.15, -0.1) is 11.8 Å². The van der Waals surface area contributed by atoms with E-state index in [4.69, 9.17) is 0 Å². The Morgan fingerprint density at radius 1 is 1.12 bits per heavy atom. The van der Waals surface area contributed by atoms with Gasteiger partial charge in [0.2, 0.25) is 11.8 Å². The maximum absolute atomic E-state index is 13.6. The first-order valence-corrected chi connectivity index (χ1v) is 12.7. The zero-order valence-corrected chi connectivity index (χ0v) is 21.2. The fourth-order valence-electron chi connectivity index (χ4n) is 4.74. The molecule has 0 saturated carbocycles. The van der Waals surface area contributed by atoms with Gasteiger partial charge in [-0.25, -0.2) is 0 Å². The van der Waals surface area contributed by atoms with Crippen molar-refractivity contribution >= 4 is 29.5 Å². The van der Waals surface area contributed by atoms with Crippen molar-refractivity contribution in [3.63, 3.8) is 0 Å². The summed E-state index contributed by atoms with van der Waals surface area (Å²) in [6.45, 7) is 10.4. The van der Waals surface area contributed by atoms with Crippen LogP contribution in [0.25, 0.3) is 0 Å². The summed E-state index contributed by atoms with van der Waals surface area (Å²) < 4.78 is -0.490. The molecule has 34 heavy (non-hydrogen) atoms. The van der Waals surface area contributed by atoms with E-state index in [-0.39, 0.29) is 29.0 Å². The molecule has 4 atom stereocenters. The minimum Gasteiger partial charge on any atom is -0.350 e. The maximum atomic E-state index is 13.6. The highest BCUT2D eigenvalue weighted by Gasteiger charge is 2.57. The lowest BCUT2D eigenvalue weighted by atomic mass is 9.95. The van der Waals surface area contributed by atoms with Gasteiger partial charge in [0.1, 0.15) is 17.5 Å². The summed E-state index contributed by atoms with van der Waals surface area (Å²) in [7, 11) is 0. The maximum Gasteiger partial charge on any atom is 0.256 e. The molecule has 2 aliphatic rings. The van der Waals surface area contributed by atoms with Gasteiger partial charge in [0.15, 0.2) is 0 Å².